The minimum Gasteiger partial charge on any atom is -0.345 e. The summed E-state index contributed by atoms with van der Waals surface area (Å²) < 4.78 is 0. The number of carbonyl (C=O) groups is 1. The summed E-state index contributed by atoms with van der Waals surface area (Å²) in [6.45, 7) is 0. The first-order valence-electron chi connectivity index (χ1n) is 4.01. The molecule has 0 bridgehead atoms. The molecule has 0 heterocycles. The van der Waals surface area contributed by atoms with Gasteiger partial charge in [0, 0.05) is 25.5 Å². The molecular weight excluding hydrogens is 186 g/mol. The van der Waals surface area contributed by atoms with Crippen molar-refractivity contribution < 1.29 is 4.79 Å². The molecule has 13 heavy (non-hydrogen) atoms. The van der Waals surface area contributed by atoms with E-state index >= 15 is 0 Å². The SMILES string of the molecule is CN(C)C(=O)c1cccc(CCl)c1. The number of nitrogens with zero attached hydrogens (tertiary/aromatic N) is 1. The Labute approximate surface area is 83.1 Å². The Hall–Kier alpha value is -1.02. The van der Waals surface area contributed by atoms with Gasteiger partial charge in [0.25, 0.3) is 5.91 Å². The van der Waals surface area contributed by atoms with Gasteiger partial charge in [-0.2, -0.15) is 0 Å². The van der Waals surface area contributed by atoms with Crippen molar-refractivity contribution in [3.8, 4) is 0 Å². The number of hydrogen-bond acceptors (Lipinski definition) is 1. The van der Waals surface area contributed by atoms with Crippen LogP contribution in [0.3, 0.4) is 0 Å². The minimum absolute atomic E-state index is 0.00645. The summed E-state index contributed by atoms with van der Waals surface area (Å²) >= 11 is 5.66. The molecule has 0 spiro atoms. The predicted molar refractivity (Wildman–Crippen MR) is 54.0 cm³/mol. The third-order valence-corrected chi connectivity index (χ3v) is 2.04. The van der Waals surface area contributed by atoms with Crippen molar-refractivity contribution in [3.05, 3.63) is 35.4 Å². The number of halogens is 1. The van der Waals surface area contributed by atoms with Gasteiger partial charge in [-0.05, 0) is 17.7 Å². The van der Waals surface area contributed by atoms with Crippen LogP contribution in [0.1, 0.15) is 15.9 Å². The number of hydrogen-bond donors (Lipinski definition) is 0. The van der Waals surface area contributed by atoms with E-state index in [1.807, 2.05) is 18.2 Å². The number of rotatable bonds is 2. The second kappa shape index (κ2) is 4.28. The molecule has 0 aromatic heterocycles. The fraction of sp³-hybridized carbons (Fsp3) is 0.300. The van der Waals surface area contributed by atoms with Gasteiger partial charge < -0.3 is 4.90 Å². The van der Waals surface area contributed by atoms with E-state index in [0.717, 1.165) is 5.56 Å². The first-order valence-corrected chi connectivity index (χ1v) is 4.55. The van der Waals surface area contributed by atoms with Crippen LogP contribution in [0.15, 0.2) is 24.3 Å². The Balaban J connectivity index is 2.95. The molecule has 1 amide bonds. The largest absolute Gasteiger partial charge is 0.345 e. The van der Waals surface area contributed by atoms with Gasteiger partial charge in [0.15, 0.2) is 0 Å². The summed E-state index contributed by atoms with van der Waals surface area (Å²) in [4.78, 5) is 13.0. The van der Waals surface area contributed by atoms with E-state index in [-0.39, 0.29) is 5.91 Å². The molecule has 0 saturated heterocycles. The van der Waals surface area contributed by atoms with Gasteiger partial charge in [-0.25, -0.2) is 0 Å². The summed E-state index contributed by atoms with van der Waals surface area (Å²) in [5.41, 5.74) is 1.65. The molecule has 0 saturated carbocycles. The maximum atomic E-state index is 11.5. The number of carbonyl (C=O) groups excluding carboxylic acids is 1. The maximum Gasteiger partial charge on any atom is 0.253 e. The molecule has 1 aromatic carbocycles. The summed E-state index contributed by atoms with van der Waals surface area (Å²) in [5, 5.41) is 0. The predicted octanol–water partition coefficient (Wildman–Crippen LogP) is 2.13. The first kappa shape index (κ1) is 10.1. The highest BCUT2D eigenvalue weighted by Gasteiger charge is 2.07. The van der Waals surface area contributed by atoms with Gasteiger partial charge in [-0.15, -0.1) is 11.6 Å². The van der Waals surface area contributed by atoms with E-state index in [0.29, 0.717) is 11.4 Å². The summed E-state index contributed by atoms with van der Waals surface area (Å²) in [6, 6.07) is 7.35. The molecule has 0 fully saturated rings. The zero-order valence-corrected chi connectivity index (χ0v) is 8.51. The molecule has 1 rings (SSSR count). The highest BCUT2D eigenvalue weighted by atomic mass is 35.5. The normalized spacial score (nSPS) is 9.77. The molecule has 0 radical (unpaired) electrons. The molecule has 3 heteroatoms. The lowest BCUT2D eigenvalue weighted by molar-refractivity contribution is 0.0827. The van der Waals surface area contributed by atoms with Crippen LogP contribution in [0, 0.1) is 0 Å². The molecule has 2 nitrogen and oxygen atoms in total. The Bertz CT molecular complexity index is 310. The lowest BCUT2D eigenvalue weighted by Gasteiger charge is -2.10. The second-order valence-corrected chi connectivity index (χ2v) is 3.30. The van der Waals surface area contributed by atoms with Gasteiger partial charge in [-0.1, -0.05) is 12.1 Å². The van der Waals surface area contributed by atoms with Crippen LogP contribution >= 0.6 is 11.6 Å². The summed E-state index contributed by atoms with van der Waals surface area (Å²) in [5.74, 6) is 0.445. The van der Waals surface area contributed by atoms with Crippen molar-refractivity contribution in [2.45, 2.75) is 5.88 Å². The summed E-state index contributed by atoms with van der Waals surface area (Å²) in [7, 11) is 3.46. The lowest BCUT2D eigenvalue weighted by Crippen LogP contribution is -2.21. The van der Waals surface area contributed by atoms with E-state index in [1.165, 1.54) is 0 Å². The van der Waals surface area contributed by atoms with Crippen molar-refractivity contribution in [1.29, 1.82) is 0 Å². The van der Waals surface area contributed by atoms with E-state index < -0.39 is 0 Å². The number of alkyl halides is 1. The van der Waals surface area contributed by atoms with Crippen LogP contribution in [0.5, 0.6) is 0 Å². The highest BCUT2D eigenvalue weighted by molar-refractivity contribution is 6.17. The highest BCUT2D eigenvalue weighted by Crippen LogP contribution is 2.08. The van der Waals surface area contributed by atoms with Crippen LogP contribution in [0.4, 0.5) is 0 Å². The van der Waals surface area contributed by atoms with Crippen molar-refractivity contribution in [2.24, 2.45) is 0 Å². The molecule has 0 unspecified atom stereocenters. The van der Waals surface area contributed by atoms with E-state index in [1.54, 1.807) is 25.1 Å². The maximum absolute atomic E-state index is 11.5. The molecule has 1 aromatic rings. The topological polar surface area (TPSA) is 20.3 Å². The van der Waals surface area contributed by atoms with Crippen molar-refractivity contribution in [1.82, 2.24) is 4.90 Å². The Morgan fingerprint density at radius 1 is 1.46 bits per heavy atom. The molecule has 0 aliphatic heterocycles. The first-order chi connectivity index (χ1) is 6.15. The molecule has 0 aliphatic carbocycles. The van der Waals surface area contributed by atoms with Gasteiger partial charge in [0.1, 0.15) is 0 Å². The number of benzene rings is 1. The van der Waals surface area contributed by atoms with E-state index in [9.17, 15) is 4.79 Å². The van der Waals surface area contributed by atoms with Crippen LogP contribution in [0.2, 0.25) is 0 Å². The van der Waals surface area contributed by atoms with Crippen LogP contribution in [0.25, 0.3) is 0 Å². The number of amides is 1. The third kappa shape index (κ3) is 2.46. The smallest absolute Gasteiger partial charge is 0.253 e. The average Bonchev–Trinajstić information content (AvgIpc) is 2.16. The van der Waals surface area contributed by atoms with Crippen molar-refractivity contribution in [3.63, 3.8) is 0 Å². The zero-order chi connectivity index (χ0) is 9.84. The van der Waals surface area contributed by atoms with E-state index in [2.05, 4.69) is 0 Å². The molecule has 0 N–H and O–H groups in total. The Morgan fingerprint density at radius 3 is 2.69 bits per heavy atom. The third-order valence-electron chi connectivity index (χ3n) is 1.73. The van der Waals surface area contributed by atoms with Gasteiger partial charge in [-0.3, -0.25) is 4.79 Å². The second-order valence-electron chi connectivity index (χ2n) is 3.03. The molecule has 0 aliphatic rings. The van der Waals surface area contributed by atoms with Crippen molar-refractivity contribution >= 4 is 17.5 Å². The van der Waals surface area contributed by atoms with Crippen LogP contribution in [-0.2, 0) is 5.88 Å². The fourth-order valence-electron chi connectivity index (χ4n) is 1.05. The molecule has 70 valence electrons. The Kier molecular flexibility index (Phi) is 3.32. The lowest BCUT2D eigenvalue weighted by atomic mass is 10.1. The quantitative estimate of drug-likeness (QED) is 0.666. The van der Waals surface area contributed by atoms with Gasteiger partial charge >= 0.3 is 0 Å². The van der Waals surface area contributed by atoms with Gasteiger partial charge in [0.05, 0.1) is 0 Å². The summed E-state index contributed by atoms with van der Waals surface area (Å²) in [6.07, 6.45) is 0. The van der Waals surface area contributed by atoms with Gasteiger partial charge in [0.2, 0.25) is 0 Å². The average molecular weight is 198 g/mol. The standard InChI is InChI=1S/C10H12ClNO/c1-12(2)10(13)9-5-3-4-8(6-9)7-11/h3-6H,7H2,1-2H3. The monoisotopic (exact) mass is 197 g/mol. The minimum atomic E-state index is 0.00645. The Morgan fingerprint density at radius 2 is 2.15 bits per heavy atom. The fourth-order valence-corrected chi connectivity index (χ4v) is 1.21. The van der Waals surface area contributed by atoms with Crippen LogP contribution in [-0.4, -0.2) is 24.9 Å². The zero-order valence-electron chi connectivity index (χ0n) is 7.75. The van der Waals surface area contributed by atoms with Crippen molar-refractivity contribution in [2.75, 3.05) is 14.1 Å². The molecule has 0 atom stereocenters. The van der Waals surface area contributed by atoms with E-state index in [4.69, 9.17) is 11.6 Å². The van der Waals surface area contributed by atoms with Crippen LogP contribution < -0.4 is 0 Å². The molecular formula is C10H12ClNO.